The van der Waals surface area contributed by atoms with E-state index in [0.29, 0.717) is 12.4 Å². The van der Waals surface area contributed by atoms with Crippen molar-refractivity contribution < 1.29 is 14.2 Å². The van der Waals surface area contributed by atoms with Crippen molar-refractivity contribution in [3.05, 3.63) is 66.2 Å². The standard InChI is InChI=1S/C19H18O3/c1-20-17-12-18(22-13-14-8-4-3-5-9-14)19(21-2)16-11-7-6-10-15(16)17/h3-12H,13H2,1-2H3. The highest BCUT2D eigenvalue weighted by Crippen LogP contribution is 2.41. The van der Waals surface area contributed by atoms with Crippen molar-refractivity contribution in [3.8, 4) is 17.2 Å². The molecule has 0 aliphatic carbocycles. The van der Waals surface area contributed by atoms with Gasteiger partial charge in [0.25, 0.3) is 0 Å². The maximum Gasteiger partial charge on any atom is 0.168 e. The van der Waals surface area contributed by atoms with Crippen LogP contribution in [0.4, 0.5) is 0 Å². The van der Waals surface area contributed by atoms with E-state index in [1.54, 1.807) is 14.2 Å². The number of fused-ring (bicyclic) bond motifs is 1. The van der Waals surface area contributed by atoms with Crippen LogP contribution in [-0.4, -0.2) is 14.2 Å². The van der Waals surface area contributed by atoms with E-state index in [9.17, 15) is 0 Å². The molecule has 22 heavy (non-hydrogen) atoms. The Morgan fingerprint density at radius 1 is 0.727 bits per heavy atom. The fourth-order valence-electron chi connectivity index (χ4n) is 2.51. The Bertz CT molecular complexity index is 766. The van der Waals surface area contributed by atoms with E-state index in [1.807, 2.05) is 60.7 Å². The van der Waals surface area contributed by atoms with Crippen molar-refractivity contribution in [1.82, 2.24) is 0 Å². The summed E-state index contributed by atoms with van der Waals surface area (Å²) < 4.78 is 17.0. The van der Waals surface area contributed by atoms with E-state index < -0.39 is 0 Å². The van der Waals surface area contributed by atoms with Crippen LogP contribution >= 0.6 is 0 Å². The van der Waals surface area contributed by atoms with Gasteiger partial charge in [0.2, 0.25) is 0 Å². The molecule has 0 saturated heterocycles. The summed E-state index contributed by atoms with van der Waals surface area (Å²) in [5.74, 6) is 2.19. The zero-order valence-corrected chi connectivity index (χ0v) is 12.7. The van der Waals surface area contributed by atoms with Gasteiger partial charge in [-0.1, -0.05) is 54.6 Å². The minimum Gasteiger partial charge on any atom is -0.496 e. The molecule has 3 aromatic carbocycles. The predicted molar refractivity (Wildman–Crippen MR) is 87.8 cm³/mol. The molecule has 0 fully saturated rings. The van der Waals surface area contributed by atoms with Crippen LogP contribution in [0.15, 0.2) is 60.7 Å². The van der Waals surface area contributed by atoms with Crippen LogP contribution in [0.3, 0.4) is 0 Å². The monoisotopic (exact) mass is 294 g/mol. The molecule has 0 aromatic heterocycles. The van der Waals surface area contributed by atoms with Crippen molar-refractivity contribution in [2.24, 2.45) is 0 Å². The van der Waals surface area contributed by atoms with Gasteiger partial charge in [-0.2, -0.15) is 0 Å². The highest BCUT2D eigenvalue weighted by Gasteiger charge is 2.14. The lowest BCUT2D eigenvalue weighted by Crippen LogP contribution is -1.99. The van der Waals surface area contributed by atoms with E-state index in [-0.39, 0.29) is 0 Å². The van der Waals surface area contributed by atoms with Gasteiger partial charge in [0, 0.05) is 16.8 Å². The number of hydrogen-bond acceptors (Lipinski definition) is 3. The van der Waals surface area contributed by atoms with Gasteiger partial charge in [0.15, 0.2) is 11.5 Å². The maximum absolute atomic E-state index is 5.96. The van der Waals surface area contributed by atoms with Crippen molar-refractivity contribution in [1.29, 1.82) is 0 Å². The van der Waals surface area contributed by atoms with Crippen LogP contribution in [0.25, 0.3) is 10.8 Å². The molecular formula is C19H18O3. The third kappa shape index (κ3) is 2.70. The van der Waals surface area contributed by atoms with Crippen LogP contribution in [-0.2, 0) is 6.61 Å². The van der Waals surface area contributed by atoms with Crippen LogP contribution < -0.4 is 14.2 Å². The molecule has 3 heteroatoms. The molecule has 0 heterocycles. The van der Waals surface area contributed by atoms with Gasteiger partial charge >= 0.3 is 0 Å². The van der Waals surface area contributed by atoms with Crippen molar-refractivity contribution >= 4 is 10.8 Å². The molecule has 0 saturated carbocycles. The van der Waals surface area contributed by atoms with Crippen LogP contribution in [0.5, 0.6) is 17.2 Å². The average Bonchev–Trinajstić information content (AvgIpc) is 2.59. The summed E-state index contributed by atoms with van der Waals surface area (Å²) in [6, 6.07) is 19.9. The van der Waals surface area contributed by atoms with Gasteiger partial charge in [-0.15, -0.1) is 0 Å². The minimum atomic E-state index is 0.485. The Labute approximate surface area is 130 Å². The molecule has 3 nitrogen and oxygen atoms in total. The molecule has 0 amide bonds. The summed E-state index contributed by atoms with van der Waals surface area (Å²) in [5.41, 5.74) is 1.11. The molecule has 0 bridgehead atoms. The van der Waals surface area contributed by atoms with Crippen molar-refractivity contribution in [3.63, 3.8) is 0 Å². The van der Waals surface area contributed by atoms with Gasteiger partial charge in [0.1, 0.15) is 12.4 Å². The van der Waals surface area contributed by atoms with Gasteiger partial charge in [0.05, 0.1) is 14.2 Å². The van der Waals surface area contributed by atoms with Crippen LogP contribution in [0.2, 0.25) is 0 Å². The summed E-state index contributed by atoms with van der Waals surface area (Å²) >= 11 is 0. The van der Waals surface area contributed by atoms with E-state index in [4.69, 9.17) is 14.2 Å². The highest BCUT2D eigenvalue weighted by molar-refractivity contribution is 5.95. The number of hydrogen-bond donors (Lipinski definition) is 0. The number of ether oxygens (including phenoxy) is 3. The Morgan fingerprint density at radius 2 is 1.41 bits per heavy atom. The van der Waals surface area contributed by atoms with E-state index in [1.165, 1.54) is 0 Å². The fourth-order valence-corrected chi connectivity index (χ4v) is 2.51. The van der Waals surface area contributed by atoms with E-state index >= 15 is 0 Å². The Morgan fingerprint density at radius 3 is 2.09 bits per heavy atom. The molecule has 3 aromatic rings. The highest BCUT2D eigenvalue weighted by atomic mass is 16.5. The number of methoxy groups -OCH3 is 2. The summed E-state index contributed by atoms with van der Waals surface area (Å²) in [7, 11) is 3.32. The molecule has 0 spiro atoms. The molecule has 3 rings (SSSR count). The molecule has 0 unspecified atom stereocenters. The van der Waals surface area contributed by atoms with E-state index in [2.05, 4.69) is 0 Å². The third-order valence-electron chi connectivity index (χ3n) is 3.58. The number of benzene rings is 3. The molecule has 0 aliphatic heterocycles. The first-order valence-corrected chi connectivity index (χ1v) is 7.14. The largest absolute Gasteiger partial charge is 0.496 e. The Kier molecular flexibility index (Phi) is 4.15. The van der Waals surface area contributed by atoms with Gasteiger partial charge in [-0.05, 0) is 5.56 Å². The molecule has 0 radical (unpaired) electrons. The summed E-state index contributed by atoms with van der Waals surface area (Å²) in [4.78, 5) is 0. The molecule has 0 aliphatic rings. The lowest BCUT2D eigenvalue weighted by molar-refractivity contribution is 0.284. The van der Waals surface area contributed by atoms with Crippen LogP contribution in [0.1, 0.15) is 5.56 Å². The van der Waals surface area contributed by atoms with Gasteiger partial charge in [-0.3, -0.25) is 0 Å². The SMILES string of the molecule is COc1cc(OCc2ccccc2)c(OC)c2ccccc12. The Balaban J connectivity index is 2.01. The lowest BCUT2D eigenvalue weighted by atomic mass is 10.1. The zero-order chi connectivity index (χ0) is 15.4. The third-order valence-corrected chi connectivity index (χ3v) is 3.58. The minimum absolute atomic E-state index is 0.485. The van der Waals surface area contributed by atoms with Gasteiger partial charge < -0.3 is 14.2 Å². The maximum atomic E-state index is 5.96. The average molecular weight is 294 g/mol. The lowest BCUT2D eigenvalue weighted by Gasteiger charge is -2.15. The second-order valence-electron chi connectivity index (χ2n) is 4.93. The second kappa shape index (κ2) is 6.39. The molecule has 0 atom stereocenters. The Hall–Kier alpha value is -2.68. The zero-order valence-electron chi connectivity index (χ0n) is 12.7. The van der Waals surface area contributed by atoms with Crippen molar-refractivity contribution in [2.75, 3.05) is 14.2 Å². The fraction of sp³-hybridized carbons (Fsp3) is 0.158. The molecule has 0 N–H and O–H groups in total. The molecule has 112 valence electrons. The normalized spacial score (nSPS) is 10.5. The summed E-state index contributed by atoms with van der Waals surface area (Å²) in [5, 5.41) is 1.99. The van der Waals surface area contributed by atoms with Crippen LogP contribution in [0, 0.1) is 0 Å². The van der Waals surface area contributed by atoms with Gasteiger partial charge in [-0.25, -0.2) is 0 Å². The first kappa shape index (κ1) is 14.3. The first-order valence-electron chi connectivity index (χ1n) is 7.14. The first-order chi connectivity index (χ1) is 10.8. The topological polar surface area (TPSA) is 27.7 Å². The van der Waals surface area contributed by atoms with Crippen molar-refractivity contribution in [2.45, 2.75) is 6.61 Å². The quantitative estimate of drug-likeness (QED) is 0.696. The predicted octanol–water partition coefficient (Wildman–Crippen LogP) is 4.44. The molecular weight excluding hydrogens is 276 g/mol. The second-order valence-corrected chi connectivity index (χ2v) is 4.93. The smallest absolute Gasteiger partial charge is 0.168 e. The summed E-state index contributed by atoms with van der Waals surface area (Å²) in [6.45, 7) is 0.485. The number of rotatable bonds is 5. The van der Waals surface area contributed by atoms with E-state index in [0.717, 1.165) is 27.8 Å². The summed E-state index contributed by atoms with van der Waals surface area (Å²) in [6.07, 6.45) is 0.